The van der Waals surface area contributed by atoms with Crippen molar-refractivity contribution in [3.05, 3.63) is 23.5 Å². The van der Waals surface area contributed by atoms with Crippen molar-refractivity contribution in [2.75, 3.05) is 23.4 Å². The molecule has 0 aliphatic carbocycles. The largest absolute Gasteiger partial charge is 0.385 e. The number of carbonyl (C=O) groups is 1. The second-order valence-corrected chi connectivity index (χ2v) is 7.56. The number of carbonyl (C=O) groups excluding carboxylic acids is 1. The third-order valence-electron chi connectivity index (χ3n) is 3.45. The van der Waals surface area contributed by atoms with E-state index in [0.29, 0.717) is 24.9 Å². The number of hydrogen-bond acceptors (Lipinski definition) is 5. The van der Waals surface area contributed by atoms with Crippen LogP contribution in [0.2, 0.25) is 0 Å². The van der Waals surface area contributed by atoms with E-state index in [1.807, 2.05) is 19.9 Å². The van der Waals surface area contributed by atoms with Crippen molar-refractivity contribution in [2.24, 2.45) is 0 Å². The molecule has 2 rings (SSSR count). The molecule has 0 spiro atoms. The zero-order valence-electron chi connectivity index (χ0n) is 12.3. The number of nitrogens with zero attached hydrogens (tertiary/aromatic N) is 1. The molecule has 0 bridgehead atoms. The molecule has 1 fully saturated rings. The lowest BCUT2D eigenvalue weighted by molar-refractivity contribution is 0.0939. The van der Waals surface area contributed by atoms with Gasteiger partial charge in [-0.2, -0.15) is 0 Å². The average Bonchev–Trinajstić information content (AvgIpc) is 2.37. The molecule has 1 unspecified atom stereocenters. The molecule has 2 heterocycles. The highest BCUT2D eigenvalue weighted by molar-refractivity contribution is 7.91. The van der Waals surface area contributed by atoms with Gasteiger partial charge in [0.15, 0.2) is 9.84 Å². The standard InChI is InChI=1S/C14H21N3O3S/c1-3-15-13-7-10(2)16-8-12(13)14(18)17-11-5-4-6-21(19,20)9-11/h7-8,11H,3-6,9H2,1-2H3,(H,15,16)(H,17,18). The van der Waals surface area contributed by atoms with Crippen molar-refractivity contribution in [2.45, 2.75) is 32.7 Å². The minimum absolute atomic E-state index is 0.0224. The van der Waals surface area contributed by atoms with Crippen LogP contribution in [0.1, 0.15) is 35.8 Å². The first-order valence-corrected chi connectivity index (χ1v) is 8.95. The van der Waals surface area contributed by atoms with Crippen molar-refractivity contribution in [3.63, 3.8) is 0 Å². The smallest absolute Gasteiger partial charge is 0.255 e. The molecule has 6 nitrogen and oxygen atoms in total. The monoisotopic (exact) mass is 311 g/mol. The molecule has 116 valence electrons. The van der Waals surface area contributed by atoms with Gasteiger partial charge in [0.05, 0.1) is 22.8 Å². The van der Waals surface area contributed by atoms with E-state index in [1.165, 1.54) is 6.20 Å². The number of sulfone groups is 1. The number of nitrogens with one attached hydrogen (secondary N) is 2. The van der Waals surface area contributed by atoms with Crippen LogP contribution in [-0.2, 0) is 9.84 Å². The molecule has 1 aliphatic rings. The highest BCUT2D eigenvalue weighted by Crippen LogP contribution is 2.17. The van der Waals surface area contributed by atoms with Crippen LogP contribution in [-0.4, -0.2) is 43.4 Å². The molecule has 7 heteroatoms. The van der Waals surface area contributed by atoms with Crippen LogP contribution in [0.5, 0.6) is 0 Å². The summed E-state index contributed by atoms with van der Waals surface area (Å²) >= 11 is 0. The van der Waals surface area contributed by atoms with Gasteiger partial charge in [-0.25, -0.2) is 8.42 Å². The maximum absolute atomic E-state index is 12.3. The lowest BCUT2D eigenvalue weighted by Crippen LogP contribution is -2.43. The van der Waals surface area contributed by atoms with Gasteiger partial charge < -0.3 is 10.6 Å². The van der Waals surface area contributed by atoms with Gasteiger partial charge >= 0.3 is 0 Å². The lowest BCUT2D eigenvalue weighted by Gasteiger charge is -2.23. The van der Waals surface area contributed by atoms with Gasteiger partial charge in [-0.05, 0) is 32.8 Å². The SMILES string of the molecule is CCNc1cc(C)ncc1C(=O)NC1CCCS(=O)(=O)C1. The van der Waals surface area contributed by atoms with Crippen LogP contribution >= 0.6 is 0 Å². The predicted molar refractivity (Wildman–Crippen MR) is 82.3 cm³/mol. The molecule has 21 heavy (non-hydrogen) atoms. The van der Waals surface area contributed by atoms with Gasteiger partial charge in [0.25, 0.3) is 5.91 Å². The minimum Gasteiger partial charge on any atom is -0.385 e. The van der Waals surface area contributed by atoms with Gasteiger partial charge in [-0.1, -0.05) is 0 Å². The summed E-state index contributed by atoms with van der Waals surface area (Å²) in [6.07, 6.45) is 2.82. The molecule has 1 atom stereocenters. The number of aryl methyl sites for hydroxylation is 1. The van der Waals surface area contributed by atoms with E-state index in [1.54, 1.807) is 0 Å². The molecule has 1 amide bonds. The van der Waals surface area contributed by atoms with E-state index in [0.717, 1.165) is 11.4 Å². The summed E-state index contributed by atoms with van der Waals surface area (Å²) in [7, 11) is -3.03. The fourth-order valence-corrected chi connectivity index (χ4v) is 4.11. The second-order valence-electron chi connectivity index (χ2n) is 5.33. The fourth-order valence-electron chi connectivity index (χ4n) is 2.48. The molecule has 1 aromatic rings. The number of rotatable bonds is 4. The average molecular weight is 311 g/mol. The molecule has 0 saturated carbocycles. The van der Waals surface area contributed by atoms with Crippen molar-refractivity contribution < 1.29 is 13.2 Å². The van der Waals surface area contributed by atoms with E-state index >= 15 is 0 Å². The van der Waals surface area contributed by atoms with Gasteiger partial charge in [0.1, 0.15) is 0 Å². The first kappa shape index (κ1) is 15.8. The zero-order chi connectivity index (χ0) is 15.5. The Labute approximate surface area is 125 Å². The van der Waals surface area contributed by atoms with Crippen molar-refractivity contribution in [3.8, 4) is 0 Å². The summed E-state index contributed by atoms with van der Waals surface area (Å²) in [5, 5.41) is 5.94. The number of hydrogen-bond donors (Lipinski definition) is 2. The summed E-state index contributed by atoms with van der Waals surface area (Å²) in [6.45, 7) is 4.50. The number of pyridine rings is 1. The number of anilines is 1. The van der Waals surface area contributed by atoms with E-state index in [-0.39, 0.29) is 23.5 Å². The fraction of sp³-hybridized carbons (Fsp3) is 0.571. The number of amides is 1. The van der Waals surface area contributed by atoms with Crippen LogP contribution in [0, 0.1) is 6.92 Å². The molecule has 0 aromatic carbocycles. The highest BCUT2D eigenvalue weighted by Gasteiger charge is 2.26. The molecule has 2 N–H and O–H groups in total. The predicted octanol–water partition coefficient (Wildman–Crippen LogP) is 1.13. The topological polar surface area (TPSA) is 88.2 Å². The van der Waals surface area contributed by atoms with Crippen molar-refractivity contribution in [1.29, 1.82) is 0 Å². The van der Waals surface area contributed by atoms with E-state index in [4.69, 9.17) is 0 Å². The van der Waals surface area contributed by atoms with Crippen LogP contribution in [0.3, 0.4) is 0 Å². The summed E-state index contributed by atoms with van der Waals surface area (Å²) < 4.78 is 23.2. The van der Waals surface area contributed by atoms with E-state index in [2.05, 4.69) is 15.6 Å². The van der Waals surface area contributed by atoms with Crippen molar-refractivity contribution in [1.82, 2.24) is 10.3 Å². The van der Waals surface area contributed by atoms with Crippen LogP contribution < -0.4 is 10.6 Å². The summed E-state index contributed by atoms with van der Waals surface area (Å²) in [5.74, 6) is -0.0385. The maximum atomic E-state index is 12.3. The second kappa shape index (κ2) is 6.43. The lowest BCUT2D eigenvalue weighted by atomic mass is 10.1. The van der Waals surface area contributed by atoms with E-state index < -0.39 is 9.84 Å². The summed E-state index contributed by atoms with van der Waals surface area (Å²) in [4.78, 5) is 16.5. The maximum Gasteiger partial charge on any atom is 0.255 e. The Morgan fingerprint density at radius 2 is 2.24 bits per heavy atom. The molecular weight excluding hydrogens is 290 g/mol. The van der Waals surface area contributed by atoms with Gasteiger partial charge in [-0.15, -0.1) is 0 Å². The van der Waals surface area contributed by atoms with Crippen molar-refractivity contribution >= 4 is 21.4 Å². The van der Waals surface area contributed by atoms with Crippen LogP contribution in [0.15, 0.2) is 12.3 Å². The Bertz CT molecular complexity index is 628. The number of aromatic nitrogens is 1. The Hall–Kier alpha value is -1.63. The molecule has 1 aromatic heterocycles. The molecule has 1 saturated heterocycles. The summed E-state index contributed by atoms with van der Waals surface area (Å²) in [5.41, 5.74) is 1.99. The van der Waals surface area contributed by atoms with Crippen LogP contribution in [0.25, 0.3) is 0 Å². The normalized spacial score (nSPS) is 20.8. The third-order valence-corrected chi connectivity index (χ3v) is 5.27. The van der Waals surface area contributed by atoms with Crippen LogP contribution in [0.4, 0.5) is 5.69 Å². The van der Waals surface area contributed by atoms with Gasteiger partial charge in [-0.3, -0.25) is 9.78 Å². The first-order chi connectivity index (χ1) is 9.91. The first-order valence-electron chi connectivity index (χ1n) is 7.13. The highest BCUT2D eigenvalue weighted by atomic mass is 32.2. The van der Waals surface area contributed by atoms with Gasteiger partial charge in [0, 0.05) is 24.5 Å². The Kier molecular flexibility index (Phi) is 4.82. The Morgan fingerprint density at radius 3 is 2.90 bits per heavy atom. The third kappa shape index (κ3) is 4.17. The van der Waals surface area contributed by atoms with E-state index in [9.17, 15) is 13.2 Å². The minimum atomic E-state index is -3.03. The quantitative estimate of drug-likeness (QED) is 0.870. The Morgan fingerprint density at radius 1 is 1.48 bits per heavy atom. The van der Waals surface area contributed by atoms with Gasteiger partial charge in [0.2, 0.25) is 0 Å². The molecular formula is C14H21N3O3S. The zero-order valence-corrected chi connectivity index (χ0v) is 13.2. The summed E-state index contributed by atoms with van der Waals surface area (Å²) in [6, 6.07) is 1.50. The molecule has 1 aliphatic heterocycles. The molecule has 0 radical (unpaired) electrons. The Balaban J connectivity index is 2.13.